The average molecular weight is 359 g/mol. The van der Waals surface area contributed by atoms with Crippen LogP contribution < -0.4 is 10.0 Å². The molecule has 0 atom stereocenters. The Balaban J connectivity index is 1.89. The minimum absolute atomic E-state index is 0.536. The zero-order valence-corrected chi connectivity index (χ0v) is 14.3. The molecule has 0 saturated carbocycles. The third-order valence-corrected chi connectivity index (χ3v) is 4.12. The van der Waals surface area contributed by atoms with Gasteiger partial charge in [-0.3, -0.25) is 4.72 Å². The van der Waals surface area contributed by atoms with E-state index in [4.69, 9.17) is 23.2 Å². The first kappa shape index (κ1) is 16.9. The van der Waals surface area contributed by atoms with Crippen molar-refractivity contribution in [2.24, 2.45) is 0 Å². The molecular formula is C15H16Cl2N2O2S. The number of anilines is 2. The molecule has 0 aliphatic rings. The van der Waals surface area contributed by atoms with Gasteiger partial charge in [0.25, 0.3) is 0 Å². The second-order valence-electron chi connectivity index (χ2n) is 4.86. The lowest BCUT2D eigenvalue weighted by atomic mass is 10.1. The molecule has 0 saturated heterocycles. The van der Waals surface area contributed by atoms with Gasteiger partial charge in [0.2, 0.25) is 10.0 Å². The maximum atomic E-state index is 11.1. The lowest BCUT2D eigenvalue weighted by Crippen LogP contribution is -2.09. The van der Waals surface area contributed by atoms with Crippen LogP contribution in [0.1, 0.15) is 5.56 Å². The molecule has 0 aliphatic heterocycles. The van der Waals surface area contributed by atoms with Gasteiger partial charge in [-0.25, -0.2) is 8.42 Å². The first-order valence-electron chi connectivity index (χ1n) is 6.59. The maximum absolute atomic E-state index is 11.1. The van der Waals surface area contributed by atoms with E-state index in [0.29, 0.717) is 22.3 Å². The minimum atomic E-state index is -3.25. The molecular weight excluding hydrogens is 343 g/mol. The fraction of sp³-hybridized carbons (Fsp3) is 0.200. The van der Waals surface area contributed by atoms with Crippen molar-refractivity contribution in [3.63, 3.8) is 0 Å². The summed E-state index contributed by atoms with van der Waals surface area (Å²) in [7, 11) is -3.25. The third-order valence-electron chi connectivity index (χ3n) is 2.93. The van der Waals surface area contributed by atoms with Crippen LogP contribution >= 0.6 is 23.2 Å². The second-order valence-corrected chi connectivity index (χ2v) is 7.46. The van der Waals surface area contributed by atoms with Crippen LogP contribution in [-0.4, -0.2) is 21.2 Å². The summed E-state index contributed by atoms with van der Waals surface area (Å²) < 4.78 is 24.7. The number of hydrogen-bond donors (Lipinski definition) is 2. The normalized spacial score (nSPS) is 11.2. The fourth-order valence-electron chi connectivity index (χ4n) is 1.94. The van der Waals surface area contributed by atoms with Gasteiger partial charge in [0.1, 0.15) is 0 Å². The highest BCUT2D eigenvalue weighted by molar-refractivity contribution is 7.92. The van der Waals surface area contributed by atoms with Crippen LogP contribution in [0.2, 0.25) is 10.0 Å². The standard InChI is InChI=1S/C15H16Cl2N2O2S/c1-22(20,21)19-14-6-4-13(5-7-14)18-9-8-11-2-3-12(16)10-15(11)17/h2-7,10,18-19H,8-9H2,1H3. The van der Waals surface area contributed by atoms with E-state index >= 15 is 0 Å². The Labute approximate surface area is 140 Å². The largest absolute Gasteiger partial charge is 0.385 e. The molecule has 2 aromatic rings. The monoisotopic (exact) mass is 358 g/mol. The molecule has 0 unspecified atom stereocenters. The molecule has 0 amide bonds. The Morgan fingerprint density at radius 3 is 2.23 bits per heavy atom. The lowest BCUT2D eigenvalue weighted by molar-refractivity contribution is 0.607. The molecule has 2 rings (SSSR count). The van der Waals surface area contributed by atoms with Crippen LogP contribution in [0.3, 0.4) is 0 Å². The summed E-state index contributed by atoms with van der Waals surface area (Å²) in [5.74, 6) is 0. The molecule has 7 heteroatoms. The second kappa shape index (κ2) is 7.22. The van der Waals surface area contributed by atoms with E-state index < -0.39 is 10.0 Å². The summed E-state index contributed by atoms with van der Waals surface area (Å²) in [6.07, 6.45) is 1.88. The van der Waals surface area contributed by atoms with E-state index in [1.54, 1.807) is 18.2 Å². The minimum Gasteiger partial charge on any atom is -0.385 e. The van der Waals surface area contributed by atoms with E-state index in [1.807, 2.05) is 24.3 Å². The van der Waals surface area contributed by atoms with E-state index in [1.165, 1.54) is 0 Å². The number of hydrogen-bond acceptors (Lipinski definition) is 3. The molecule has 0 spiro atoms. The van der Waals surface area contributed by atoms with Gasteiger partial charge in [-0.2, -0.15) is 0 Å². The van der Waals surface area contributed by atoms with Crippen LogP contribution in [0.25, 0.3) is 0 Å². The third kappa shape index (κ3) is 5.40. The number of rotatable bonds is 6. The van der Waals surface area contributed by atoms with E-state index in [-0.39, 0.29) is 0 Å². The topological polar surface area (TPSA) is 58.2 Å². The molecule has 118 valence electrons. The highest BCUT2D eigenvalue weighted by Crippen LogP contribution is 2.21. The first-order valence-corrected chi connectivity index (χ1v) is 9.24. The first-order chi connectivity index (χ1) is 10.3. The number of halogens is 2. The highest BCUT2D eigenvalue weighted by atomic mass is 35.5. The summed E-state index contributed by atoms with van der Waals surface area (Å²) in [4.78, 5) is 0. The van der Waals surface area contributed by atoms with Crippen molar-refractivity contribution in [3.05, 3.63) is 58.1 Å². The lowest BCUT2D eigenvalue weighted by Gasteiger charge is -2.09. The van der Waals surface area contributed by atoms with Gasteiger partial charge in [-0.05, 0) is 48.4 Å². The molecule has 0 radical (unpaired) electrons. The van der Waals surface area contributed by atoms with Crippen molar-refractivity contribution in [2.45, 2.75) is 6.42 Å². The van der Waals surface area contributed by atoms with Gasteiger partial charge in [0.05, 0.1) is 6.26 Å². The molecule has 0 aliphatic carbocycles. The molecule has 2 N–H and O–H groups in total. The molecule has 0 heterocycles. The van der Waals surface area contributed by atoms with E-state index in [2.05, 4.69) is 10.0 Å². The molecule has 2 aromatic carbocycles. The van der Waals surface area contributed by atoms with Gasteiger partial charge >= 0.3 is 0 Å². The summed E-state index contributed by atoms with van der Waals surface area (Å²) >= 11 is 12.0. The van der Waals surface area contributed by atoms with Crippen LogP contribution in [0.5, 0.6) is 0 Å². The molecule has 0 bridgehead atoms. The summed E-state index contributed by atoms with van der Waals surface area (Å²) in [5, 5.41) is 4.53. The summed E-state index contributed by atoms with van der Waals surface area (Å²) in [6.45, 7) is 0.709. The van der Waals surface area contributed by atoms with E-state index in [9.17, 15) is 8.42 Å². The SMILES string of the molecule is CS(=O)(=O)Nc1ccc(NCCc2ccc(Cl)cc2Cl)cc1. The van der Waals surface area contributed by atoms with Crippen molar-refractivity contribution in [1.29, 1.82) is 0 Å². The van der Waals surface area contributed by atoms with Crippen molar-refractivity contribution in [3.8, 4) is 0 Å². The van der Waals surface area contributed by atoms with Crippen molar-refractivity contribution >= 4 is 44.6 Å². The quantitative estimate of drug-likeness (QED) is 0.819. The van der Waals surface area contributed by atoms with E-state index in [0.717, 1.165) is 23.9 Å². The van der Waals surface area contributed by atoms with Crippen LogP contribution in [0.15, 0.2) is 42.5 Å². The Morgan fingerprint density at radius 1 is 1.00 bits per heavy atom. The number of sulfonamides is 1. The van der Waals surface area contributed by atoms with Gasteiger partial charge < -0.3 is 5.32 Å². The molecule has 0 aromatic heterocycles. The number of benzene rings is 2. The van der Waals surface area contributed by atoms with Crippen molar-refractivity contribution in [1.82, 2.24) is 0 Å². The molecule has 4 nitrogen and oxygen atoms in total. The van der Waals surface area contributed by atoms with Gasteiger partial charge in [0.15, 0.2) is 0 Å². The predicted octanol–water partition coefficient (Wildman–Crippen LogP) is 4.02. The van der Waals surface area contributed by atoms with Crippen LogP contribution in [0, 0.1) is 0 Å². The maximum Gasteiger partial charge on any atom is 0.229 e. The molecule has 0 fully saturated rings. The zero-order chi connectivity index (χ0) is 16.2. The van der Waals surface area contributed by atoms with Crippen molar-refractivity contribution in [2.75, 3.05) is 22.8 Å². The van der Waals surface area contributed by atoms with Gasteiger partial charge in [0, 0.05) is 28.0 Å². The van der Waals surface area contributed by atoms with Crippen LogP contribution in [0.4, 0.5) is 11.4 Å². The Hall–Kier alpha value is -1.43. The zero-order valence-electron chi connectivity index (χ0n) is 11.9. The van der Waals surface area contributed by atoms with Crippen LogP contribution in [-0.2, 0) is 16.4 Å². The fourth-order valence-corrected chi connectivity index (χ4v) is 3.00. The van der Waals surface area contributed by atoms with Gasteiger partial charge in [-0.15, -0.1) is 0 Å². The Kier molecular flexibility index (Phi) is 5.56. The number of nitrogens with one attached hydrogen (secondary N) is 2. The predicted molar refractivity (Wildman–Crippen MR) is 93.6 cm³/mol. The molecule has 22 heavy (non-hydrogen) atoms. The highest BCUT2D eigenvalue weighted by Gasteiger charge is 2.03. The summed E-state index contributed by atoms with van der Waals surface area (Å²) in [5.41, 5.74) is 2.46. The van der Waals surface area contributed by atoms with Crippen molar-refractivity contribution < 1.29 is 8.42 Å². The summed E-state index contributed by atoms with van der Waals surface area (Å²) in [6, 6.07) is 12.5. The Morgan fingerprint density at radius 2 is 1.64 bits per heavy atom. The Bertz CT molecular complexity index is 747. The smallest absolute Gasteiger partial charge is 0.229 e. The average Bonchev–Trinajstić information content (AvgIpc) is 2.41. The van der Waals surface area contributed by atoms with Gasteiger partial charge in [-0.1, -0.05) is 29.3 Å².